The summed E-state index contributed by atoms with van der Waals surface area (Å²) in [6.45, 7) is 4.65. The van der Waals surface area contributed by atoms with E-state index in [0.717, 1.165) is 38.9 Å². The maximum atomic E-state index is 12.7. The number of hydrogen-bond acceptors (Lipinski definition) is 5. The molecule has 1 spiro atoms. The lowest BCUT2D eigenvalue weighted by Crippen LogP contribution is -2.54. The minimum atomic E-state index is -3.47. The summed E-state index contributed by atoms with van der Waals surface area (Å²) in [5.74, 6) is 0. The van der Waals surface area contributed by atoms with Crippen molar-refractivity contribution in [2.24, 2.45) is 7.05 Å². The summed E-state index contributed by atoms with van der Waals surface area (Å²) in [7, 11) is 0.473. The predicted molar refractivity (Wildman–Crippen MR) is 91.2 cm³/mol. The van der Waals surface area contributed by atoms with Crippen molar-refractivity contribution in [2.75, 3.05) is 33.4 Å². The Morgan fingerprint density at radius 1 is 1.29 bits per heavy atom. The lowest BCUT2D eigenvalue weighted by Gasteiger charge is -2.44. The van der Waals surface area contributed by atoms with Gasteiger partial charge in [0.25, 0.3) is 10.0 Å². The molecule has 2 saturated heterocycles. The maximum absolute atomic E-state index is 12.7. The van der Waals surface area contributed by atoms with Crippen LogP contribution in [-0.4, -0.2) is 72.1 Å². The summed E-state index contributed by atoms with van der Waals surface area (Å²) >= 11 is 0. The van der Waals surface area contributed by atoms with Gasteiger partial charge in [-0.2, -0.15) is 4.31 Å². The number of ether oxygens (including phenoxy) is 1. The number of hydrogen-bond donors (Lipinski definition) is 0. The lowest BCUT2D eigenvalue weighted by atomic mass is 9.86. The molecule has 0 radical (unpaired) electrons. The average molecular weight is 356 g/mol. The van der Waals surface area contributed by atoms with Crippen LogP contribution in [0.3, 0.4) is 0 Å². The van der Waals surface area contributed by atoms with Crippen molar-refractivity contribution < 1.29 is 13.2 Å². The number of imidazole rings is 1. The molecule has 0 aromatic carbocycles. The third-order valence-corrected chi connectivity index (χ3v) is 7.48. The maximum Gasteiger partial charge on any atom is 0.262 e. The Labute approximate surface area is 144 Å². The van der Waals surface area contributed by atoms with Gasteiger partial charge >= 0.3 is 0 Å². The van der Waals surface area contributed by atoms with Crippen molar-refractivity contribution in [3.63, 3.8) is 0 Å². The van der Waals surface area contributed by atoms with Crippen LogP contribution in [0, 0.1) is 0 Å². The molecule has 136 valence electrons. The second-order valence-corrected chi connectivity index (χ2v) is 8.85. The van der Waals surface area contributed by atoms with Crippen LogP contribution in [-0.2, 0) is 21.8 Å². The monoisotopic (exact) mass is 356 g/mol. The van der Waals surface area contributed by atoms with E-state index in [4.69, 9.17) is 4.74 Å². The minimum absolute atomic E-state index is 0.123. The highest BCUT2D eigenvalue weighted by atomic mass is 32.2. The van der Waals surface area contributed by atoms with Gasteiger partial charge in [-0.3, -0.25) is 4.90 Å². The van der Waals surface area contributed by atoms with Gasteiger partial charge in [0, 0.05) is 44.5 Å². The molecule has 0 unspecified atom stereocenters. The Balaban J connectivity index is 1.66. The van der Waals surface area contributed by atoms with Gasteiger partial charge in [0.2, 0.25) is 0 Å². The van der Waals surface area contributed by atoms with E-state index in [1.165, 1.54) is 6.33 Å². The molecule has 2 fully saturated rings. The molecular weight excluding hydrogens is 328 g/mol. The number of likely N-dealkylation sites (tertiary alicyclic amines) is 1. The second-order valence-electron chi connectivity index (χ2n) is 6.97. The minimum Gasteiger partial charge on any atom is -0.380 e. The Morgan fingerprint density at radius 2 is 2.00 bits per heavy atom. The summed E-state index contributed by atoms with van der Waals surface area (Å²) in [4.78, 5) is 6.46. The van der Waals surface area contributed by atoms with Gasteiger partial charge in [-0.05, 0) is 39.7 Å². The topological polar surface area (TPSA) is 67.7 Å². The van der Waals surface area contributed by atoms with Gasteiger partial charge in [0.05, 0.1) is 12.9 Å². The Kier molecular flexibility index (Phi) is 5.01. The van der Waals surface area contributed by atoms with Gasteiger partial charge in [0.15, 0.2) is 5.03 Å². The van der Waals surface area contributed by atoms with Gasteiger partial charge in [-0.15, -0.1) is 0 Å². The molecule has 0 N–H and O–H groups in total. The highest BCUT2D eigenvalue weighted by Gasteiger charge is 2.47. The van der Waals surface area contributed by atoms with Crippen LogP contribution in [0.5, 0.6) is 0 Å². The summed E-state index contributed by atoms with van der Waals surface area (Å²) in [6.07, 6.45) is 7.10. The molecule has 1 aromatic rings. The van der Waals surface area contributed by atoms with E-state index < -0.39 is 10.0 Å². The van der Waals surface area contributed by atoms with E-state index in [2.05, 4.69) is 16.9 Å². The molecule has 0 saturated carbocycles. The smallest absolute Gasteiger partial charge is 0.262 e. The van der Waals surface area contributed by atoms with Gasteiger partial charge < -0.3 is 9.30 Å². The van der Waals surface area contributed by atoms with Crippen molar-refractivity contribution in [1.82, 2.24) is 18.8 Å². The van der Waals surface area contributed by atoms with E-state index in [9.17, 15) is 8.42 Å². The fraction of sp³-hybridized carbons (Fsp3) is 0.812. The van der Waals surface area contributed by atoms with Crippen LogP contribution in [0.15, 0.2) is 17.6 Å². The summed E-state index contributed by atoms with van der Waals surface area (Å²) < 4.78 is 34.3. The van der Waals surface area contributed by atoms with Gasteiger partial charge in [-0.1, -0.05) is 0 Å². The van der Waals surface area contributed by atoms with Crippen molar-refractivity contribution in [3.05, 3.63) is 12.5 Å². The summed E-state index contributed by atoms with van der Waals surface area (Å²) in [5, 5.41) is 0.148. The summed E-state index contributed by atoms with van der Waals surface area (Å²) in [6, 6.07) is 0.448. The van der Waals surface area contributed by atoms with Crippen LogP contribution >= 0.6 is 0 Å². The largest absolute Gasteiger partial charge is 0.380 e. The first-order chi connectivity index (χ1) is 11.4. The average Bonchev–Trinajstić information content (AvgIpc) is 3.13. The van der Waals surface area contributed by atoms with E-state index in [1.54, 1.807) is 22.1 Å². The molecule has 8 heteroatoms. The van der Waals surface area contributed by atoms with Crippen LogP contribution < -0.4 is 0 Å². The Bertz CT molecular complexity index is 665. The number of aryl methyl sites for hydroxylation is 1. The lowest BCUT2D eigenvalue weighted by molar-refractivity contribution is 0.0343. The van der Waals surface area contributed by atoms with Crippen molar-refractivity contribution in [2.45, 2.75) is 49.2 Å². The molecule has 0 bridgehead atoms. The van der Waals surface area contributed by atoms with Gasteiger partial charge in [-0.25, -0.2) is 13.4 Å². The first-order valence-corrected chi connectivity index (χ1v) is 10.1. The molecule has 2 aliphatic heterocycles. The standard InChI is InChI=1S/C16H28N4O3S/c1-4-23-12-14-5-6-16(19(14)3)7-9-20(10-8-16)24(21,22)15-11-18(2)13-17-15/h11,13-14H,4-10,12H2,1-3H3/t14-/m1/s1. The second kappa shape index (κ2) is 6.74. The van der Waals surface area contributed by atoms with Crippen LogP contribution in [0.2, 0.25) is 0 Å². The molecule has 0 amide bonds. The molecule has 1 aromatic heterocycles. The van der Waals surface area contributed by atoms with Crippen LogP contribution in [0.1, 0.15) is 32.6 Å². The Hall–Kier alpha value is -0.960. The third-order valence-electron chi connectivity index (χ3n) is 5.69. The number of piperidine rings is 1. The molecule has 1 atom stereocenters. The fourth-order valence-electron chi connectivity index (χ4n) is 4.04. The van der Waals surface area contributed by atoms with Crippen molar-refractivity contribution in [1.29, 1.82) is 0 Å². The van der Waals surface area contributed by atoms with E-state index in [-0.39, 0.29) is 10.6 Å². The molecule has 7 nitrogen and oxygen atoms in total. The molecule has 3 heterocycles. The van der Waals surface area contributed by atoms with E-state index >= 15 is 0 Å². The molecular formula is C16H28N4O3S. The highest BCUT2D eigenvalue weighted by Crippen LogP contribution is 2.41. The van der Waals surface area contributed by atoms with Crippen molar-refractivity contribution in [3.8, 4) is 0 Å². The molecule has 3 rings (SSSR count). The zero-order valence-corrected chi connectivity index (χ0v) is 15.6. The first-order valence-electron chi connectivity index (χ1n) is 8.68. The quantitative estimate of drug-likeness (QED) is 0.790. The van der Waals surface area contributed by atoms with E-state index in [1.807, 2.05) is 6.92 Å². The number of nitrogens with zero attached hydrogens (tertiary/aromatic N) is 4. The molecule has 2 aliphatic rings. The third kappa shape index (κ3) is 3.12. The predicted octanol–water partition coefficient (Wildman–Crippen LogP) is 1.07. The van der Waals surface area contributed by atoms with Crippen molar-refractivity contribution >= 4 is 10.0 Å². The normalized spacial score (nSPS) is 25.5. The van der Waals surface area contributed by atoms with Gasteiger partial charge in [0.1, 0.15) is 0 Å². The fourth-order valence-corrected chi connectivity index (χ4v) is 5.45. The highest BCUT2D eigenvalue weighted by molar-refractivity contribution is 7.89. The van der Waals surface area contributed by atoms with Crippen LogP contribution in [0.25, 0.3) is 0 Å². The first kappa shape index (κ1) is 17.8. The van der Waals surface area contributed by atoms with E-state index in [0.29, 0.717) is 19.1 Å². The molecule has 0 aliphatic carbocycles. The number of likely N-dealkylation sites (N-methyl/N-ethyl adjacent to an activating group) is 1. The zero-order chi connectivity index (χ0) is 17.4. The number of sulfonamides is 1. The zero-order valence-electron chi connectivity index (χ0n) is 14.8. The number of rotatable bonds is 5. The SMILES string of the molecule is CCOC[C@H]1CCC2(CCN(S(=O)(=O)c3cn(C)cn3)CC2)N1C. The Morgan fingerprint density at radius 3 is 2.58 bits per heavy atom. The molecule has 24 heavy (non-hydrogen) atoms. The summed E-state index contributed by atoms with van der Waals surface area (Å²) in [5.41, 5.74) is 0.123. The van der Waals surface area contributed by atoms with Crippen LogP contribution in [0.4, 0.5) is 0 Å². The number of aromatic nitrogens is 2.